The highest BCUT2D eigenvalue weighted by Gasteiger charge is 2.25. The first-order valence-corrected chi connectivity index (χ1v) is 10.4. The third-order valence-electron chi connectivity index (χ3n) is 5.49. The molecular formula is C25H22N4O2. The molecule has 1 fully saturated rings. The van der Waals surface area contributed by atoms with E-state index in [1.54, 1.807) is 12.4 Å². The first-order valence-electron chi connectivity index (χ1n) is 10.4. The van der Waals surface area contributed by atoms with E-state index >= 15 is 0 Å². The van der Waals surface area contributed by atoms with Crippen LogP contribution in [0.2, 0.25) is 0 Å². The van der Waals surface area contributed by atoms with Gasteiger partial charge in [0.15, 0.2) is 5.76 Å². The van der Waals surface area contributed by atoms with E-state index in [-0.39, 0.29) is 5.91 Å². The summed E-state index contributed by atoms with van der Waals surface area (Å²) in [6.07, 6.45) is 3.50. The van der Waals surface area contributed by atoms with Crippen LogP contribution in [0, 0.1) is 0 Å². The molecule has 0 bridgehead atoms. The lowest BCUT2D eigenvalue weighted by Crippen LogP contribution is -2.49. The fraction of sp³-hybridized carbons (Fsp3) is 0.160. The molecule has 3 heterocycles. The molecule has 1 aliphatic rings. The van der Waals surface area contributed by atoms with Gasteiger partial charge in [0.25, 0.3) is 5.91 Å². The topological polar surface area (TPSA) is 62.5 Å². The average molecular weight is 410 g/mol. The summed E-state index contributed by atoms with van der Waals surface area (Å²) in [6, 6.07) is 23.2. The number of carbonyl (C=O) groups excluding carboxylic acids is 1. The molecule has 0 saturated carbocycles. The number of oxazole rings is 1. The number of pyridine rings is 1. The van der Waals surface area contributed by atoms with Crippen molar-refractivity contribution in [3.63, 3.8) is 0 Å². The maximum atomic E-state index is 13.3. The molecule has 5 rings (SSSR count). The van der Waals surface area contributed by atoms with E-state index in [4.69, 9.17) is 4.42 Å². The minimum Gasteiger partial charge on any atom is -0.436 e. The maximum absolute atomic E-state index is 13.3. The number of piperazine rings is 1. The molecule has 2 aromatic carbocycles. The van der Waals surface area contributed by atoms with Gasteiger partial charge in [-0.05, 0) is 24.3 Å². The van der Waals surface area contributed by atoms with Crippen LogP contribution >= 0.6 is 0 Å². The minimum absolute atomic E-state index is 0.00395. The fourth-order valence-electron chi connectivity index (χ4n) is 3.84. The summed E-state index contributed by atoms with van der Waals surface area (Å²) in [6.45, 7) is 2.79. The molecule has 1 saturated heterocycles. The lowest BCUT2D eigenvalue weighted by molar-refractivity contribution is 0.0747. The van der Waals surface area contributed by atoms with Crippen molar-refractivity contribution in [2.75, 3.05) is 31.1 Å². The predicted molar refractivity (Wildman–Crippen MR) is 120 cm³/mol. The monoisotopic (exact) mass is 410 g/mol. The Hall–Kier alpha value is -3.93. The summed E-state index contributed by atoms with van der Waals surface area (Å²) in [5.41, 5.74) is 2.27. The molecule has 4 aromatic rings. The molecule has 0 atom stereocenters. The Labute approximate surface area is 180 Å². The molecule has 0 unspecified atom stereocenters. The Morgan fingerprint density at radius 2 is 1.55 bits per heavy atom. The smallest absolute Gasteiger partial charge is 0.254 e. The number of hydrogen-bond acceptors (Lipinski definition) is 5. The highest BCUT2D eigenvalue weighted by atomic mass is 16.4. The molecular weight excluding hydrogens is 388 g/mol. The Morgan fingerprint density at radius 1 is 0.806 bits per heavy atom. The van der Waals surface area contributed by atoms with Crippen LogP contribution in [-0.2, 0) is 0 Å². The van der Waals surface area contributed by atoms with E-state index in [0.717, 1.165) is 24.5 Å². The molecule has 6 heteroatoms. The van der Waals surface area contributed by atoms with Crippen LogP contribution in [0.25, 0.3) is 22.8 Å². The summed E-state index contributed by atoms with van der Waals surface area (Å²) in [4.78, 5) is 26.3. The standard InChI is InChI=1S/C25H22N4O2/c30-25(29-16-14-28(15-17-29)23-12-6-7-13-26-23)21-11-5-4-10-20(21)24-27-18-22(31-24)19-8-2-1-3-9-19/h1-13,18H,14-17H2. The molecule has 2 aromatic heterocycles. The fourth-order valence-corrected chi connectivity index (χ4v) is 3.84. The molecule has 31 heavy (non-hydrogen) atoms. The van der Waals surface area contributed by atoms with Crippen molar-refractivity contribution in [2.45, 2.75) is 0 Å². The van der Waals surface area contributed by atoms with Crippen LogP contribution in [0.4, 0.5) is 5.82 Å². The van der Waals surface area contributed by atoms with Crippen LogP contribution in [-0.4, -0.2) is 47.0 Å². The molecule has 6 nitrogen and oxygen atoms in total. The number of amides is 1. The molecule has 154 valence electrons. The van der Waals surface area contributed by atoms with Crippen molar-refractivity contribution in [1.82, 2.24) is 14.9 Å². The van der Waals surface area contributed by atoms with Crippen molar-refractivity contribution < 1.29 is 9.21 Å². The molecule has 0 aliphatic carbocycles. The lowest BCUT2D eigenvalue weighted by atomic mass is 10.1. The van der Waals surface area contributed by atoms with Gasteiger partial charge in [0, 0.05) is 43.5 Å². The molecule has 0 N–H and O–H groups in total. The number of anilines is 1. The van der Waals surface area contributed by atoms with Gasteiger partial charge in [-0.3, -0.25) is 4.79 Å². The van der Waals surface area contributed by atoms with Crippen molar-refractivity contribution in [3.8, 4) is 22.8 Å². The molecule has 0 radical (unpaired) electrons. The van der Waals surface area contributed by atoms with Crippen molar-refractivity contribution in [3.05, 3.63) is 90.8 Å². The van der Waals surface area contributed by atoms with Gasteiger partial charge >= 0.3 is 0 Å². The van der Waals surface area contributed by atoms with Gasteiger partial charge in [-0.25, -0.2) is 9.97 Å². The van der Waals surface area contributed by atoms with Crippen LogP contribution < -0.4 is 4.90 Å². The molecule has 0 spiro atoms. The summed E-state index contributed by atoms with van der Waals surface area (Å²) in [7, 11) is 0. The largest absolute Gasteiger partial charge is 0.436 e. The van der Waals surface area contributed by atoms with E-state index in [2.05, 4.69) is 14.9 Å². The molecule has 1 amide bonds. The second-order valence-electron chi connectivity index (χ2n) is 7.41. The van der Waals surface area contributed by atoms with Crippen LogP contribution in [0.15, 0.2) is 89.6 Å². The van der Waals surface area contributed by atoms with Crippen molar-refractivity contribution in [1.29, 1.82) is 0 Å². The number of aromatic nitrogens is 2. The van der Waals surface area contributed by atoms with Gasteiger partial charge in [0.2, 0.25) is 5.89 Å². The highest BCUT2D eigenvalue weighted by molar-refractivity contribution is 6.00. The van der Waals surface area contributed by atoms with Gasteiger partial charge in [-0.1, -0.05) is 48.5 Å². The van der Waals surface area contributed by atoms with Gasteiger partial charge in [-0.2, -0.15) is 0 Å². The second kappa shape index (κ2) is 8.44. The zero-order chi connectivity index (χ0) is 21.0. The summed E-state index contributed by atoms with van der Waals surface area (Å²) < 4.78 is 6.01. The normalized spacial score (nSPS) is 13.9. The van der Waals surface area contributed by atoms with Gasteiger partial charge in [0.1, 0.15) is 5.82 Å². The first kappa shape index (κ1) is 19.1. The quantitative estimate of drug-likeness (QED) is 0.500. The average Bonchev–Trinajstić information content (AvgIpc) is 3.35. The third-order valence-corrected chi connectivity index (χ3v) is 5.49. The summed E-state index contributed by atoms with van der Waals surface area (Å²) in [5, 5.41) is 0. The van der Waals surface area contributed by atoms with Crippen LogP contribution in [0.3, 0.4) is 0 Å². The number of rotatable bonds is 4. The van der Waals surface area contributed by atoms with E-state index in [0.29, 0.717) is 35.9 Å². The second-order valence-corrected chi connectivity index (χ2v) is 7.41. The SMILES string of the molecule is O=C(c1ccccc1-c1ncc(-c2ccccc2)o1)N1CCN(c2ccccn2)CC1. The zero-order valence-electron chi connectivity index (χ0n) is 17.0. The van der Waals surface area contributed by atoms with Gasteiger partial charge in [0.05, 0.1) is 11.8 Å². The number of benzene rings is 2. The van der Waals surface area contributed by atoms with Gasteiger partial charge < -0.3 is 14.2 Å². The van der Waals surface area contributed by atoms with Crippen molar-refractivity contribution >= 4 is 11.7 Å². The van der Waals surface area contributed by atoms with E-state index in [1.165, 1.54) is 0 Å². The van der Waals surface area contributed by atoms with Crippen LogP contribution in [0.1, 0.15) is 10.4 Å². The Balaban J connectivity index is 1.35. The van der Waals surface area contributed by atoms with E-state index in [1.807, 2.05) is 77.7 Å². The maximum Gasteiger partial charge on any atom is 0.254 e. The van der Waals surface area contributed by atoms with Crippen LogP contribution in [0.5, 0.6) is 0 Å². The Kier molecular flexibility index (Phi) is 5.19. The van der Waals surface area contributed by atoms with E-state index < -0.39 is 0 Å². The summed E-state index contributed by atoms with van der Waals surface area (Å²) >= 11 is 0. The third kappa shape index (κ3) is 3.92. The highest BCUT2D eigenvalue weighted by Crippen LogP contribution is 2.29. The molecule has 1 aliphatic heterocycles. The summed E-state index contributed by atoms with van der Waals surface area (Å²) in [5.74, 6) is 2.08. The van der Waals surface area contributed by atoms with Crippen molar-refractivity contribution in [2.24, 2.45) is 0 Å². The first-order chi connectivity index (χ1) is 15.3. The number of nitrogens with zero attached hydrogens (tertiary/aromatic N) is 4. The van der Waals surface area contributed by atoms with Gasteiger partial charge in [-0.15, -0.1) is 0 Å². The zero-order valence-corrected chi connectivity index (χ0v) is 17.0. The Bertz CT molecular complexity index is 1170. The Morgan fingerprint density at radius 3 is 2.32 bits per heavy atom. The minimum atomic E-state index is -0.00395. The van der Waals surface area contributed by atoms with E-state index in [9.17, 15) is 4.79 Å². The predicted octanol–water partition coefficient (Wildman–Crippen LogP) is 4.37. The lowest BCUT2D eigenvalue weighted by Gasteiger charge is -2.35. The number of hydrogen-bond donors (Lipinski definition) is 0. The number of carbonyl (C=O) groups is 1.